The van der Waals surface area contributed by atoms with Gasteiger partial charge >= 0.3 is 0 Å². The molecule has 1 aromatic rings. The Morgan fingerprint density at radius 3 is 2.67 bits per heavy atom. The van der Waals surface area contributed by atoms with Crippen molar-refractivity contribution in [2.45, 2.75) is 45.2 Å². The van der Waals surface area contributed by atoms with Crippen LogP contribution in [0.15, 0.2) is 24.5 Å². The highest BCUT2D eigenvalue weighted by atomic mass is 15.0. The molecule has 0 aromatic carbocycles. The fourth-order valence-corrected chi connectivity index (χ4v) is 2.46. The van der Waals surface area contributed by atoms with Gasteiger partial charge in [0.1, 0.15) is 0 Å². The standard InChI is InChI=1S/C13H20N2/c1-10-4-3-5-13(10)15-11(2)12-6-8-14-9-7-12/h6-11,13,15H,3-5H2,1-2H3/t10?,11-,13?/m1/s1. The highest BCUT2D eigenvalue weighted by molar-refractivity contribution is 5.14. The Morgan fingerprint density at radius 2 is 2.07 bits per heavy atom. The molecule has 1 heterocycles. The van der Waals surface area contributed by atoms with E-state index in [-0.39, 0.29) is 0 Å². The topological polar surface area (TPSA) is 24.9 Å². The van der Waals surface area contributed by atoms with E-state index in [1.165, 1.54) is 24.8 Å². The van der Waals surface area contributed by atoms with Crippen LogP contribution in [0.4, 0.5) is 0 Å². The summed E-state index contributed by atoms with van der Waals surface area (Å²) in [5.41, 5.74) is 1.34. The van der Waals surface area contributed by atoms with Crippen LogP contribution in [0.3, 0.4) is 0 Å². The van der Waals surface area contributed by atoms with Crippen molar-refractivity contribution in [1.82, 2.24) is 10.3 Å². The molecular weight excluding hydrogens is 184 g/mol. The van der Waals surface area contributed by atoms with Crippen LogP contribution in [0, 0.1) is 5.92 Å². The summed E-state index contributed by atoms with van der Waals surface area (Å²) in [5, 5.41) is 3.72. The molecule has 1 fully saturated rings. The van der Waals surface area contributed by atoms with Crippen LogP contribution in [0.1, 0.15) is 44.7 Å². The lowest BCUT2D eigenvalue weighted by atomic mass is 10.0. The molecule has 1 aliphatic carbocycles. The van der Waals surface area contributed by atoms with E-state index in [2.05, 4.69) is 36.3 Å². The number of hydrogen-bond acceptors (Lipinski definition) is 2. The van der Waals surface area contributed by atoms with Crippen molar-refractivity contribution in [2.24, 2.45) is 5.92 Å². The van der Waals surface area contributed by atoms with Crippen molar-refractivity contribution in [1.29, 1.82) is 0 Å². The molecule has 2 rings (SSSR count). The molecule has 0 bridgehead atoms. The zero-order valence-electron chi connectivity index (χ0n) is 9.61. The summed E-state index contributed by atoms with van der Waals surface area (Å²) in [4.78, 5) is 4.05. The van der Waals surface area contributed by atoms with Crippen LogP contribution in [0.2, 0.25) is 0 Å². The fraction of sp³-hybridized carbons (Fsp3) is 0.615. The molecule has 3 atom stereocenters. The van der Waals surface area contributed by atoms with Crippen molar-refractivity contribution in [3.05, 3.63) is 30.1 Å². The minimum Gasteiger partial charge on any atom is -0.307 e. The Balaban J connectivity index is 1.95. The summed E-state index contributed by atoms with van der Waals surface area (Å²) in [6.07, 6.45) is 7.82. The normalized spacial score (nSPS) is 27.9. The van der Waals surface area contributed by atoms with Crippen LogP contribution in [-0.2, 0) is 0 Å². The Bertz CT molecular complexity index is 297. The Morgan fingerprint density at radius 1 is 1.33 bits per heavy atom. The second-order valence-corrected chi connectivity index (χ2v) is 4.68. The lowest BCUT2D eigenvalue weighted by Crippen LogP contribution is -2.33. The van der Waals surface area contributed by atoms with Crippen molar-refractivity contribution in [2.75, 3.05) is 0 Å². The first-order valence-electron chi connectivity index (χ1n) is 5.93. The maximum absolute atomic E-state index is 4.05. The molecule has 1 aliphatic rings. The summed E-state index contributed by atoms with van der Waals surface area (Å²) in [6, 6.07) is 5.33. The molecule has 1 aromatic heterocycles. The van der Waals surface area contributed by atoms with Crippen LogP contribution in [0.25, 0.3) is 0 Å². The van der Waals surface area contributed by atoms with Gasteiger partial charge < -0.3 is 5.32 Å². The summed E-state index contributed by atoms with van der Waals surface area (Å²) in [5.74, 6) is 0.828. The van der Waals surface area contributed by atoms with Gasteiger partial charge in [0.2, 0.25) is 0 Å². The van der Waals surface area contributed by atoms with Gasteiger partial charge in [-0.25, -0.2) is 0 Å². The molecular formula is C13H20N2. The maximum atomic E-state index is 4.05. The maximum Gasteiger partial charge on any atom is 0.0295 e. The molecule has 2 heteroatoms. The van der Waals surface area contributed by atoms with Crippen molar-refractivity contribution in [3.8, 4) is 0 Å². The Hall–Kier alpha value is -0.890. The highest BCUT2D eigenvalue weighted by Crippen LogP contribution is 2.27. The lowest BCUT2D eigenvalue weighted by molar-refractivity contribution is 0.388. The summed E-state index contributed by atoms with van der Waals surface area (Å²) in [7, 11) is 0. The van der Waals surface area contributed by atoms with Gasteiger partial charge in [-0.3, -0.25) is 4.98 Å². The smallest absolute Gasteiger partial charge is 0.0295 e. The third-order valence-electron chi connectivity index (χ3n) is 3.53. The monoisotopic (exact) mass is 204 g/mol. The average Bonchev–Trinajstić information content (AvgIpc) is 2.66. The molecule has 0 amide bonds. The van der Waals surface area contributed by atoms with Crippen LogP contribution < -0.4 is 5.32 Å². The SMILES string of the molecule is CC1CCCC1N[C@H](C)c1ccncc1. The second-order valence-electron chi connectivity index (χ2n) is 4.68. The van der Waals surface area contributed by atoms with Gasteiger partial charge in [0, 0.05) is 24.5 Å². The zero-order chi connectivity index (χ0) is 10.7. The van der Waals surface area contributed by atoms with E-state index in [0.717, 1.165) is 5.92 Å². The van der Waals surface area contributed by atoms with E-state index in [1.54, 1.807) is 0 Å². The fourth-order valence-electron chi connectivity index (χ4n) is 2.46. The first kappa shape index (κ1) is 10.6. The molecule has 1 N–H and O–H groups in total. The van der Waals surface area contributed by atoms with Gasteiger partial charge in [0.05, 0.1) is 0 Å². The second kappa shape index (κ2) is 4.75. The zero-order valence-corrected chi connectivity index (χ0v) is 9.61. The Kier molecular flexibility index (Phi) is 3.37. The minimum absolute atomic E-state index is 0.443. The summed E-state index contributed by atoms with van der Waals surface area (Å²) < 4.78 is 0. The third-order valence-corrected chi connectivity index (χ3v) is 3.53. The van der Waals surface area contributed by atoms with Crippen molar-refractivity contribution >= 4 is 0 Å². The van der Waals surface area contributed by atoms with E-state index < -0.39 is 0 Å². The van der Waals surface area contributed by atoms with E-state index >= 15 is 0 Å². The van der Waals surface area contributed by atoms with E-state index in [0.29, 0.717) is 12.1 Å². The minimum atomic E-state index is 0.443. The van der Waals surface area contributed by atoms with Gasteiger partial charge in [-0.05, 0) is 43.4 Å². The van der Waals surface area contributed by atoms with Crippen molar-refractivity contribution in [3.63, 3.8) is 0 Å². The summed E-state index contributed by atoms with van der Waals surface area (Å²) >= 11 is 0. The first-order chi connectivity index (χ1) is 7.27. The number of aromatic nitrogens is 1. The van der Waals surface area contributed by atoms with E-state index in [9.17, 15) is 0 Å². The number of nitrogens with one attached hydrogen (secondary N) is 1. The van der Waals surface area contributed by atoms with Crippen molar-refractivity contribution < 1.29 is 0 Å². The van der Waals surface area contributed by atoms with Gasteiger partial charge in [-0.2, -0.15) is 0 Å². The van der Waals surface area contributed by atoms with Crippen LogP contribution in [-0.4, -0.2) is 11.0 Å². The van der Waals surface area contributed by atoms with Gasteiger partial charge in [-0.15, -0.1) is 0 Å². The molecule has 82 valence electrons. The third kappa shape index (κ3) is 2.57. The average molecular weight is 204 g/mol. The molecule has 0 aliphatic heterocycles. The predicted octanol–water partition coefficient (Wildman–Crippen LogP) is 2.92. The quantitative estimate of drug-likeness (QED) is 0.819. The van der Waals surface area contributed by atoms with Gasteiger partial charge in [-0.1, -0.05) is 13.3 Å². The van der Waals surface area contributed by atoms with Crippen LogP contribution >= 0.6 is 0 Å². The first-order valence-corrected chi connectivity index (χ1v) is 5.93. The number of nitrogens with zero attached hydrogens (tertiary/aromatic N) is 1. The molecule has 0 saturated heterocycles. The largest absolute Gasteiger partial charge is 0.307 e. The molecule has 2 unspecified atom stereocenters. The molecule has 15 heavy (non-hydrogen) atoms. The highest BCUT2D eigenvalue weighted by Gasteiger charge is 2.24. The molecule has 2 nitrogen and oxygen atoms in total. The van der Waals surface area contributed by atoms with E-state index in [1.807, 2.05) is 12.4 Å². The molecule has 0 radical (unpaired) electrons. The summed E-state index contributed by atoms with van der Waals surface area (Å²) in [6.45, 7) is 4.59. The lowest BCUT2D eigenvalue weighted by Gasteiger charge is -2.23. The molecule has 1 saturated carbocycles. The molecule has 0 spiro atoms. The predicted molar refractivity (Wildman–Crippen MR) is 62.6 cm³/mol. The number of rotatable bonds is 3. The Labute approximate surface area is 92.1 Å². The van der Waals surface area contributed by atoms with Gasteiger partial charge in [0.25, 0.3) is 0 Å². The van der Waals surface area contributed by atoms with Gasteiger partial charge in [0.15, 0.2) is 0 Å². The number of hydrogen-bond donors (Lipinski definition) is 1. The number of pyridine rings is 1. The van der Waals surface area contributed by atoms with Crippen LogP contribution in [0.5, 0.6) is 0 Å². The van der Waals surface area contributed by atoms with E-state index in [4.69, 9.17) is 0 Å².